The summed E-state index contributed by atoms with van der Waals surface area (Å²) in [5.74, 6) is -1.28. The third kappa shape index (κ3) is 2.87. The Balaban J connectivity index is 2.15. The summed E-state index contributed by atoms with van der Waals surface area (Å²) in [6.45, 7) is 0. The summed E-state index contributed by atoms with van der Waals surface area (Å²) in [6.07, 6.45) is 7.75. The zero-order valence-electron chi connectivity index (χ0n) is 9.12. The van der Waals surface area contributed by atoms with Crippen LogP contribution in [0.5, 0.6) is 0 Å². The Morgan fingerprint density at radius 2 is 2.12 bits per heavy atom. The molecule has 1 aromatic carbocycles. The molecule has 1 aliphatic carbocycles. The molecule has 87 valence electrons. The average molecular weight is 233 g/mol. The van der Waals surface area contributed by atoms with Crippen LogP contribution < -0.4 is 0 Å². The van der Waals surface area contributed by atoms with Gasteiger partial charge in [-0.2, -0.15) is 0 Å². The van der Waals surface area contributed by atoms with Gasteiger partial charge in [0.1, 0.15) is 11.6 Å². The van der Waals surface area contributed by atoms with E-state index in [1.165, 1.54) is 0 Å². The molecule has 0 N–H and O–H groups in total. The van der Waals surface area contributed by atoms with Gasteiger partial charge < -0.3 is 0 Å². The second-order valence-corrected chi connectivity index (χ2v) is 3.83. The van der Waals surface area contributed by atoms with Gasteiger partial charge in [0, 0.05) is 6.42 Å². The SMILES string of the molecule is O=C(Cc1cc(F)ccc1F)C1=CC=CC[CH]1. The Bertz CT molecular complexity index is 501. The van der Waals surface area contributed by atoms with Crippen molar-refractivity contribution < 1.29 is 13.6 Å². The Hall–Kier alpha value is -1.77. The summed E-state index contributed by atoms with van der Waals surface area (Å²) in [5, 5.41) is 0. The van der Waals surface area contributed by atoms with Crippen molar-refractivity contribution in [1.82, 2.24) is 0 Å². The molecule has 0 heterocycles. The van der Waals surface area contributed by atoms with E-state index in [1.54, 1.807) is 18.6 Å². The number of carbonyl (C=O) groups is 1. The molecule has 1 nitrogen and oxygen atoms in total. The van der Waals surface area contributed by atoms with Crippen LogP contribution in [0.25, 0.3) is 0 Å². The number of ketones is 1. The first-order valence-electron chi connectivity index (χ1n) is 5.34. The predicted octanol–water partition coefficient (Wildman–Crippen LogP) is 3.17. The highest BCUT2D eigenvalue weighted by molar-refractivity contribution is 5.99. The summed E-state index contributed by atoms with van der Waals surface area (Å²) in [6, 6.07) is 3.14. The molecule has 0 unspecified atom stereocenters. The molecule has 0 fully saturated rings. The summed E-state index contributed by atoms with van der Waals surface area (Å²) < 4.78 is 26.3. The maximum absolute atomic E-state index is 13.3. The number of hydrogen-bond acceptors (Lipinski definition) is 1. The van der Waals surface area contributed by atoms with Crippen LogP contribution in [-0.2, 0) is 11.2 Å². The predicted molar refractivity (Wildman–Crippen MR) is 61.2 cm³/mol. The zero-order chi connectivity index (χ0) is 12.3. The van der Waals surface area contributed by atoms with Crippen molar-refractivity contribution >= 4 is 5.78 Å². The third-order valence-corrected chi connectivity index (χ3v) is 2.57. The number of carbonyl (C=O) groups excluding carboxylic acids is 1. The van der Waals surface area contributed by atoms with Gasteiger partial charge in [0.25, 0.3) is 0 Å². The molecule has 17 heavy (non-hydrogen) atoms. The van der Waals surface area contributed by atoms with E-state index in [1.807, 2.05) is 6.08 Å². The Morgan fingerprint density at radius 1 is 1.29 bits per heavy atom. The van der Waals surface area contributed by atoms with E-state index in [4.69, 9.17) is 0 Å². The average Bonchev–Trinajstić information content (AvgIpc) is 2.35. The number of benzene rings is 1. The van der Waals surface area contributed by atoms with E-state index in [-0.39, 0.29) is 17.8 Å². The van der Waals surface area contributed by atoms with Gasteiger partial charge in [-0.3, -0.25) is 4.79 Å². The number of Topliss-reactive ketones (excluding diaryl/α,β-unsaturated/α-hetero) is 1. The summed E-state index contributed by atoms with van der Waals surface area (Å²) in [4.78, 5) is 11.8. The fourth-order valence-corrected chi connectivity index (χ4v) is 1.67. The fourth-order valence-electron chi connectivity index (χ4n) is 1.67. The van der Waals surface area contributed by atoms with E-state index >= 15 is 0 Å². The lowest BCUT2D eigenvalue weighted by molar-refractivity contribution is -0.114. The lowest BCUT2D eigenvalue weighted by Gasteiger charge is -2.08. The third-order valence-electron chi connectivity index (χ3n) is 2.57. The molecular formula is C14H11F2O. The van der Waals surface area contributed by atoms with E-state index in [0.717, 1.165) is 18.2 Å². The first-order chi connectivity index (χ1) is 8.16. The van der Waals surface area contributed by atoms with Gasteiger partial charge in [0.15, 0.2) is 5.78 Å². The zero-order valence-corrected chi connectivity index (χ0v) is 9.12. The molecule has 0 aromatic heterocycles. The van der Waals surface area contributed by atoms with E-state index in [2.05, 4.69) is 0 Å². The second-order valence-electron chi connectivity index (χ2n) is 3.83. The smallest absolute Gasteiger partial charge is 0.163 e. The molecule has 0 amide bonds. The van der Waals surface area contributed by atoms with Gasteiger partial charge in [0.2, 0.25) is 0 Å². The van der Waals surface area contributed by atoms with Crippen LogP contribution >= 0.6 is 0 Å². The highest BCUT2D eigenvalue weighted by Gasteiger charge is 2.14. The molecule has 0 atom stereocenters. The lowest BCUT2D eigenvalue weighted by Crippen LogP contribution is -2.09. The molecule has 1 aliphatic rings. The highest BCUT2D eigenvalue weighted by Crippen LogP contribution is 2.16. The minimum atomic E-state index is -0.549. The maximum Gasteiger partial charge on any atom is 0.163 e. The molecule has 0 bridgehead atoms. The molecule has 0 aliphatic heterocycles. The quantitative estimate of drug-likeness (QED) is 0.783. The monoisotopic (exact) mass is 233 g/mol. The van der Waals surface area contributed by atoms with Crippen molar-refractivity contribution in [2.75, 3.05) is 0 Å². The van der Waals surface area contributed by atoms with Gasteiger partial charge in [-0.05, 0) is 42.2 Å². The molecular weight excluding hydrogens is 222 g/mol. The Morgan fingerprint density at radius 3 is 2.82 bits per heavy atom. The topological polar surface area (TPSA) is 17.1 Å². The van der Waals surface area contributed by atoms with Crippen molar-refractivity contribution in [3.63, 3.8) is 0 Å². The van der Waals surface area contributed by atoms with Crippen LogP contribution in [0, 0.1) is 18.1 Å². The Kier molecular flexibility index (Phi) is 3.47. The molecule has 2 rings (SSSR count). The number of allylic oxidation sites excluding steroid dienone is 4. The van der Waals surface area contributed by atoms with Crippen LogP contribution in [0.15, 0.2) is 42.0 Å². The maximum atomic E-state index is 13.3. The first-order valence-corrected chi connectivity index (χ1v) is 5.34. The second kappa shape index (κ2) is 5.04. The summed E-state index contributed by atoms with van der Waals surface area (Å²) >= 11 is 0. The van der Waals surface area contributed by atoms with Crippen LogP contribution in [0.4, 0.5) is 8.78 Å². The van der Waals surface area contributed by atoms with Crippen molar-refractivity contribution in [2.45, 2.75) is 12.8 Å². The van der Waals surface area contributed by atoms with Crippen LogP contribution in [0.3, 0.4) is 0 Å². The molecule has 1 aromatic rings. The van der Waals surface area contributed by atoms with Crippen LogP contribution in [-0.4, -0.2) is 5.78 Å². The molecule has 0 spiro atoms. The van der Waals surface area contributed by atoms with Crippen molar-refractivity contribution in [2.24, 2.45) is 0 Å². The lowest BCUT2D eigenvalue weighted by atomic mass is 9.96. The molecule has 0 saturated heterocycles. The van der Waals surface area contributed by atoms with Gasteiger partial charge in [-0.15, -0.1) is 0 Å². The van der Waals surface area contributed by atoms with Gasteiger partial charge in [-0.25, -0.2) is 8.78 Å². The Labute approximate surface area is 98.5 Å². The summed E-state index contributed by atoms with van der Waals surface area (Å²) in [7, 11) is 0. The van der Waals surface area contributed by atoms with Crippen molar-refractivity contribution in [1.29, 1.82) is 0 Å². The number of hydrogen-bond donors (Lipinski definition) is 0. The van der Waals surface area contributed by atoms with Gasteiger partial charge in [-0.1, -0.05) is 18.2 Å². The summed E-state index contributed by atoms with van der Waals surface area (Å²) in [5.41, 5.74) is 0.648. The van der Waals surface area contributed by atoms with E-state index in [0.29, 0.717) is 12.0 Å². The van der Waals surface area contributed by atoms with E-state index < -0.39 is 11.6 Å². The van der Waals surface area contributed by atoms with E-state index in [9.17, 15) is 13.6 Å². The van der Waals surface area contributed by atoms with Crippen molar-refractivity contribution in [3.05, 3.63) is 65.6 Å². The highest BCUT2D eigenvalue weighted by atomic mass is 19.1. The standard InChI is InChI=1S/C14H11F2O/c15-12-6-7-13(16)11(8-12)9-14(17)10-4-2-1-3-5-10/h1-2,4-8H,3,9H2. The largest absolute Gasteiger partial charge is 0.294 e. The van der Waals surface area contributed by atoms with Gasteiger partial charge in [0.05, 0.1) is 0 Å². The minimum absolute atomic E-state index is 0.0962. The normalized spacial score (nSPS) is 14.6. The van der Waals surface area contributed by atoms with Gasteiger partial charge >= 0.3 is 0 Å². The molecule has 0 saturated carbocycles. The number of rotatable bonds is 3. The van der Waals surface area contributed by atoms with Crippen molar-refractivity contribution in [3.8, 4) is 0 Å². The van der Waals surface area contributed by atoms with Crippen LogP contribution in [0.1, 0.15) is 12.0 Å². The van der Waals surface area contributed by atoms with Crippen LogP contribution in [0.2, 0.25) is 0 Å². The minimum Gasteiger partial charge on any atom is -0.294 e. The fraction of sp³-hybridized carbons (Fsp3) is 0.143. The molecule has 1 radical (unpaired) electrons. The first kappa shape index (κ1) is 11.7. The number of halogens is 2. The molecule has 3 heteroatoms.